The van der Waals surface area contributed by atoms with E-state index in [1.807, 2.05) is 67.6 Å². The molecule has 0 saturated heterocycles. The number of carbonyl (C=O) groups excluding carboxylic acids is 2. The Balaban J connectivity index is 1.87. The number of para-hydroxylation sites is 1. The molecule has 32 heavy (non-hydrogen) atoms. The maximum absolute atomic E-state index is 13.3. The molecule has 1 atom stereocenters. The fraction of sp³-hybridized carbons (Fsp3) is 0.231. The Bertz CT molecular complexity index is 995. The molecule has 0 fully saturated rings. The van der Waals surface area contributed by atoms with Crippen LogP contribution in [0.2, 0.25) is 5.02 Å². The molecule has 0 spiro atoms. The van der Waals surface area contributed by atoms with Gasteiger partial charge in [-0.1, -0.05) is 72.3 Å². The molecular weight excluding hydrogens is 424 g/mol. The van der Waals surface area contributed by atoms with Crippen LogP contribution in [-0.4, -0.2) is 35.9 Å². The average molecular weight is 451 g/mol. The summed E-state index contributed by atoms with van der Waals surface area (Å²) in [5.74, 6) is 0.138. The smallest absolute Gasteiger partial charge is 0.261 e. The number of nitrogens with one attached hydrogen (secondary N) is 1. The molecule has 3 rings (SSSR count). The summed E-state index contributed by atoms with van der Waals surface area (Å²) in [5, 5.41) is 3.49. The predicted octanol–water partition coefficient (Wildman–Crippen LogP) is 4.50. The van der Waals surface area contributed by atoms with Crippen molar-refractivity contribution in [2.75, 3.05) is 13.2 Å². The molecule has 6 heteroatoms. The molecule has 0 aliphatic rings. The number of rotatable bonds is 10. The van der Waals surface area contributed by atoms with Gasteiger partial charge in [-0.05, 0) is 42.3 Å². The van der Waals surface area contributed by atoms with E-state index < -0.39 is 6.04 Å². The van der Waals surface area contributed by atoms with Crippen molar-refractivity contribution in [2.45, 2.75) is 25.9 Å². The van der Waals surface area contributed by atoms with Crippen LogP contribution in [0.1, 0.15) is 18.1 Å². The topological polar surface area (TPSA) is 58.6 Å². The number of benzene rings is 3. The third-order valence-electron chi connectivity index (χ3n) is 4.99. The Morgan fingerprint density at radius 3 is 2.16 bits per heavy atom. The molecule has 3 aromatic carbocycles. The van der Waals surface area contributed by atoms with E-state index >= 15 is 0 Å². The molecule has 166 valence electrons. The van der Waals surface area contributed by atoms with Crippen LogP contribution in [0.5, 0.6) is 5.75 Å². The Labute approximate surface area is 194 Å². The van der Waals surface area contributed by atoms with E-state index in [4.69, 9.17) is 16.3 Å². The highest BCUT2D eigenvalue weighted by Crippen LogP contribution is 2.17. The van der Waals surface area contributed by atoms with Gasteiger partial charge in [0.05, 0.1) is 0 Å². The lowest BCUT2D eigenvalue weighted by Crippen LogP contribution is -2.51. The van der Waals surface area contributed by atoms with Gasteiger partial charge in [0.15, 0.2) is 6.61 Å². The molecule has 2 amide bonds. The zero-order valence-corrected chi connectivity index (χ0v) is 18.8. The molecule has 0 saturated carbocycles. The number of nitrogens with zero attached hydrogens (tertiary/aromatic N) is 1. The van der Waals surface area contributed by atoms with E-state index in [1.54, 1.807) is 29.2 Å². The quantitative estimate of drug-likeness (QED) is 0.495. The van der Waals surface area contributed by atoms with Crippen molar-refractivity contribution in [2.24, 2.45) is 0 Å². The van der Waals surface area contributed by atoms with Crippen molar-refractivity contribution < 1.29 is 14.3 Å². The number of hydrogen-bond donors (Lipinski definition) is 1. The lowest BCUT2D eigenvalue weighted by atomic mass is 10.0. The second-order valence-corrected chi connectivity index (χ2v) is 7.79. The highest BCUT2D eigenvalue weighted by atomic mass is 35.5. The van der Waals surface area contributed by atoms with Gasteiger partial charge in [-0.25, -0.2) is 0 Å². The summed E-state index contributed by atoms with van der Waals surface area (Å²) in [4.78, 5) is 28.0. The Kier molecular flexibility index (Phi) is 8.70. The van der Waals surface area contributed by atoms with E-state index in [9.17, 15) is 9.59 Å². The number of halogens is 1. The van der Waals surface area contributed by atoms with Gasteiger partial charge in [0, 0.05) is 24.5 Å². The summed E-state index contributed by atoms with van der Waals surface area (Å²) in [6.45, 7) is 2.44. The van der Waals surface area contributed by atoms with E-state index in [0.29, 0.717) is 23.7 Å². The van der Waals surface area contributed by atoms with E-state index in [2.05, 4.69) is 5.32 Å². The van der Waals surface area contributed by atoms with Crippen LogP contribution in [0.25, 0.3) is 0 Å². The number of ether oxygens (including phenoxy) is 1. The zero-order valence-electron chi connectivity index (χ0n) is 18.0. The predicted molar refractivity (Wildman–Crippen MR) is 127 cm³/mol. The van der Waals surface area contributed by atoms with Crippen molar-refractivity contribution in [3.63, 3.8) is 0 Å². The number of likely N-dealkylation sites (N-methyl/N-ethyl adjacent to an activating group) is 1. The minimum absolute atomic E-state index is 0.164. The van der Waals surface area contributed by atoms with Gasteiger partial charge in [-0.3, -0.25) is 9.59 Å². The number of amides is 2. The monoisotopic (exact) mass is 450 g/mol. The molecule has 0 heterocycles. The largest absolute Gasteiger partial charge is 0.484 e. The molecule has 0 bridgehead atoms. The lowest BCUT2D eigenvalue weighted by Gasteiger charge is -2.31. The SMILES string of the molecule is CCNC(=O)[C@@H](Cc1ccccc1)N(Cc1ccc(Cl)cc1)C(=O)COc1ccccc1. The highest BCUT2D eigenvalue weighted by molar-refractivity contribution is 6.30. The Morgan fingerprint density at radius 1 is 0.906 bits per heavy atom. The van der Waals surface area contributed by atoms with Gasteiger partial charge in [0.1, 0.15) is 11.8 Å². The van der Waals surface area contributed by atoms with Crippen LogP contribution in [0, 0.1) is 0 Å². The Hall–Kier alpha value is -3.31. The zero-order chi connectivity index (χ0) is 22.8. The van der Waals surface area contributed by atoms with Gasteiger partial charge in [0.2, 0.25) is 5.91 Å². The summed E-state index contributed by atoms with van der Waals surface area (Å²) in [5.41, 5.74) is 1.85. The summed E-state index contributed by atoms with van der Waals surface area (Å²) < 4.78 is 5.70. The standard InChI is InChI=1S/C26H27ClN2O3/c1-2-28-26(31)24(17-20-9-5-3-6-10-20)29(18-21-13-15-22(27)16-14-21)25(30)19-32-23-11-7-4-8-12-23/h3-16,24H,2,17-19H2,1H3,(H,28,31)/t24-/m1/s1. The van der Waals surface area contributed by atoms with E-state index in [-0.39, 0.29) is 25.0 Å². The summed E-state index contributed by atoms with van der Waals surface area (Å²) >= 11 is 6.03. The lowest BCUT2D eigenvalue weighted by molar-refractivity contribution is -0.142. The maximum atomic E-state index is 13.3. The summed E-state index contributed by atoms with van der Waals surface area (Å²) in [6.07, 6.45) is 0.400. The van der Waals surface area contributed by atoms with Crippen LogP contribution < -0.4 is 10.1 Å². The molecule has 3 aromatic rings. The van der Waals surface area contributed by atoms with Crippen molar-refractivity contribution in [3.05, 3.63) is 101 Å². The fourth-order valence-electron chi connectivity index (χ4n) is 3.38. The van der Waals surface area contributed by atoms with E-state index in [1.165, 1.54) is 0 Å². The average Bonchev–Trinajstić information content (AvgIpc) is 2.82. The Morgan fingerprint density at radius 2 is 1.53 bits per heavy atom. The second-order valence-electron chi connectivity index (χ2n) is 7.35. The molecule has 0 aliphatic carbocycles. The number of hydrogen-bond acceptors (Lipinski definition) is 3. The third kappa shape index (κ3) is 6.86. The second kappa shape index (κ2) is 11.9. The van der Waals surface area contributed by atoms with Crippen molar-refractivity contribution >= 4 is 23.4 Å². The van der Waals surface area contributed by atoms with Crippen molar-refractivity contribution in [1.29, 1.82) is 0 Å². The van der Waals surface area contributed by atoms with Crippen LogP contribution in [0.4, 0.5) is 0 Å². The molecule has 0 radical (unpaired) electrons. The van der Waals surface area contributed by atoms with Crippen LogP contribution in [0.3, 0.4) is 0 Å². The fourth-order valence-corrected chi connectivity index (χ4v) is 3.50. The van der Waals surface area contributed by atoms with Gasteiger partial charge < -0.3 is 15.0 Å². The highest BCUT2D eigenvalue weighted by Gasteiger charge is 2.30. The first-order valence-corrected chi connectivity index (χ1v) is 11.0. The van der Waals surface area contributed by atoms with Crippen LogP contribution in [-0.2, 0) is 22.6 Å². The summed E-state index contributed by atoms with van der Waals surface area (Å²) in [7, 11) is 0. The number of carbonyl (C=O) groups is 2. The molecule has 5 nitrogen and oxygen atoms in total. The normalized spacial score (nSPS) is 11.4. The molecule has 0 unspecified atom stereocenters. The minimum Gasteiger partial charge on any atom is -0.484 e. The van der Waals surface area contributed by atoms with Gasteiger partial charge in [-0.2, -0.15) is 0 Å². The molecule has 0 aliphatic heterocycles. The first kappa shape index (κ1) is 23.4. The first-order valence-electron chi connectivity index (χ1n) is 10.6. The van der Waals surface area contributed by atoms with Crippen LogP contribution >= 0.6 is 11.6 Å². The summed E-state index contributed by atoms with van der Waals surface area (Å²) in [6, 6.07) is 25.4. The van der Waals surface area contributed by atoms with E-state index in [0.717, 1.165) is 11.1 Å². The van der Waals surface area contributed by atoms with Crippen LogP contribution in [0.15, 0.2) is 84.9 Å². The maximum Gasteiger partial charge on any atom is 0.261 e. The van der Waals surface area contributed by atoms with Crippen molar-refractivity contribution in [1.82, 2.24) is 10.2 Å². The van der Waals surface area contributed by atoms with Gasteiger partial charge >= 0.3 is 0 Å². The first-order chi connectivity index (χ1) is 15.6. The van der Waals surface area contributed by atoms with Gasteiger partial charge in [0.25, 0.3) is 5.91 Å². The van der Waals surface area contributed by atoms with Gasteiger partial charge in [-0.15, -0.1) is 0 Å². The van der Waals surface area contributed by atoms with Crippen molar-refractivity contribution in [3.8, 4) is 5.75 Å². The third-order valence-corrected chi connectivity index (χ3v) is 5.25. The molecule has 1 N–H and O–H groups in total. The molecule has 0 aromatic heterocycles. The molecular formula is C26H27ClN2O3. The minimum atomic E-state index is -0.681.